The number of benzene rings is 3. The first-order valence-electron chi connectivity index (χ1n) is 28.6. The number of hydrogen-bond donors (Lipinski definition) is 5. The van der Waals surface area contributed by atoms with Gasteiger partial charge in [0.2, 0.25) is 23.6 Å². The number of amides is 5. The largest absolute Gasteiger partial charge is 0.469 e. The quantitative estimate of drug-likeness (QED) is 0.0165. The number of carbonyl (C=O) groups excluding carboxylic acids is 6. The minimum atomic E-state index is -3.05. The molecule has 1 aliphatic heterocycles. The highest BCUT2D eigenvalue weighted by Gasteiger charge is 2.50. The Labute approximate surface area is 492 Å². The first-order valence-corrected chi connectivity index (χ1v) is 31.4. The molecule has 448 valence electrons. The summed E-state index contributed by atoms with van der Waals surface area (Å²) in [5.41, 5.74) is -1.64. The first-order chi connectivity index (χ1) is 38.3. The number of ether oxygens (including phenoxy) is 2. The molecule has 5 rings (SSSR count). The second kappa shape index (κ2) is 28.2. The number of carbonyl (C=O) groups is 6. The summed E-state index contributed by atoms with van der Waals surface area (Å²) in [6.45, 7) is 31.5. The van der Waals surface area contributed by atoms with Gasteiger partial charge in [-0.3, -0.25) is 33.9 Å². The molecule has 1 fully saturated rings. The van der Waals surface area contributed by atoms with Crippen molar-refractivity contribution in [3.8, 4) is 0 Å². The van der Waals surface area contributed by atoms with E-state index in [1.54, 1.807) is 32.3 Å². The van der Waals surface area contributed by atoms with Crippen LogP contribution in [-0.4, -0.2) is 122 Å². The topological polar surface area (TPSA) is 219 Å². The number of nitrogens with zero attached hydrogens (tertiary/aromatic N) is 3. The van der Waals surface area contributed by atoms with E-state index in [9.17, 15) is 19.2 Å². The molecular formula is C63H92N8O9SSi. The number of thiazole rings is 1. The Bertz CT molecular complexity index is 2730. The van der Waals surface area contributed by atoms with E-state index in [1.807, 2.05) is 136 Å². The fourth-order valence-corrected chi connectivity index (χ4v) is 15.7. The predicted molar refractivity (Wildman–Crippen MR) is 327 cm³/mol. The van der Waals surface area contributed by atoms with Crippen LogP contribution in [0.2, 0.25) is 5.04 Å². The molecule has 0 radical (unpaired) electrons. The molecule has 0 aliphatic carbocycles. The van der Waals surface area contributed by atoms with E-state index in [4.69, 9.17) is 18.9 Å². The lowest BCUT2D eigenvalue weighted by molar-refractivity contribution is -0.141. The van der Waals surface area contributed by atoms with Crippen LogP contribution in [0.4, 0.5) is 4.79 Å². The maximum atomic E-state index is 15.4. The lowest BCUT2D eigenvalue weighted by Crippen LogP contribution is -2.66. The van der Waals surface area contributed by atoms with Crippen molar-refractivity contribution in [3.63, 3.8) is 0 Å². The van der Waals surface area contributed by atoms with Crippen molar-refractivity contribution in [2.75, 3.05) is 26.8 Å². The van der Waals surface area contributed by atoms with E-state index in [0.29, 0.717) is 18.0 Å². The van der Waals surface area contributed by atoms with Crippen molar-refractivity contribution in [3.05, 3.63) is 113 Å². The Morgan fingerprint density at radius 2 is 1.26 bits per heavy atom. The minimum absolute atomic E-state index is 0.104. The third kappa shape index (κ3) is 17.3. The summed E-state index contributed by atoms with van der Waals surface area (Å²) in [6, 6.07) is 24.0. The van der Waals surface area contributed by atoms with Crippen molar-refractivity contribution in [1.82, 2.24) is 36.5 Å². The zero-order chi connectivity index (χ0) is 61.0. The summed E-state index contributed by atoms with van der Waals surface area (Å²) < 4.78 is 18.0. The van der Waals surface area contributed by atoms with E-state index in [0.717, 1.165) is 15.9 Å². The number of methoxy groups -OCH3 is 1. The molecule has 4 aromatic rings. The Hall–Kier alpha value is -6.44. The Morgan fingerprint density at radius 3 is 1.74 bits per heavy atom. The number of aromatic nitrogens is 1. The summed E-state index contributed by atoms with van der Waals surface area (Å²) in [5.74, 6) is -3.50. The van der Waals surface area contributed by atoms with Crippen LogP contribution < -0.4 is 37.0 Å². The van der Waals surface area contributed by atoms with Gasteiger partial charge >= 0.3 is 12.1 Å². The highest BCUT2D eigenvalue weighted by atomic mass is 32.1. The molecular weight excluding hydrogens is 1070 g/mol. The average molecular weight is 1170 g/mol. The number of aliphatic imine (C=N–C) groups is 1. The van der Waals surface area contributed by atoms with Crippen molar-refractivity contribution >= 4 is 71.6 Å². The number of esters is 1. The minimum Gasteiger partial charge on any atom is -0.469 e. The zero-order valence-electron chi connectivity index (χ0n) is 51.5. The van der Waals surface area contributed by atoms with Gasteiger partial charge in [-0.25, -0.2) is 9.78 Å². The molecule has 19 heteroatoms. The number of nitrogens with one attached hydrogen (secondary N) is 5. The molecule has 2 heterocycles. The van der Waals surface area contributed by atoms with Crippen LogP contribution in [0.3, 0.4) is 0 Å². The first kappa shape index (κ1) is 66.4. The van der Waals surface area contributed by atoms with Crippen LogP contribution in [0.15, 0.2) is 108 Å². The monoisotopic (exact) mass is 1160 g/mol. The summed E-state index contributed by atoms with van der Waals surface area (Å²) in [5, 5.41) is 20.0. The number of rotatable bonds is 22. The fourth-order valence-electron chi connectivity index (χ4n) is 10.5. The van der Waals surface area contributed by atoms with Gasteiger partial charge < -0.3 is 40.5 Å². The van der Waals surface area contributed by atoms with Gasteiger partial charge in [-0.15, -0.1) is 11.3 Å². The van der Waals surface area contributed by atoms with E-state index in [1.165, 1.54) is 23.3 Å². The van der Waals surface area contributed by atoms with Gasteiger partial charge in [0, 0.05) is 24.0 Å². The Balaban J connectivity index is 1.59. The van der Waals surface area contributed by atoms with E-state index in [-0.39, 0.29) is 36.4 Å². The highest BCUT2D eigenvalue weighted by molar-refractivity contribution is 7.09. The second-order valence-corrected chi connectivity index (χ2v) is 31.3. The molecule has 8 atom stereocenters. The Morgan fingerprint density at radius 1 is 0.707 bits per heavy atom. The summed E-state index contributed by atoms with van der Waals surface area (Å²) in [4.78, 5) is 97.0. The van der Waals surface area contributed by atoms with E-state index in [2.05, 4.69) is 76.6 Å². The number of likely N-dealkylation sites (tertiary alicyclic amines) is 1. The maximum Gasteiger partial charge on any atom is 0.410 e. The number of hydrogen-bond acceptors (Lipinski definition) is 12. The van der Waals surface area contributed by atoms with Crippen LogP contribution in [0.5, 0.6) is 0 Å². The van der Waals surface area contributed by atoms with Crippen LogP contribution in [0.25, 0.3) is 0 Å². The molecule has 17 nitrogen and oxygen atoms in total. The molecule has 5 N–H and O–H groups in total. The van der Waals surface area contributed by atoms with Crippen LogP contribution in [0, 0.1) is 22.7 Å². The van der Waals surface area contributed by atoms with E-state index >= 15 is 9.59 Å². The normalized spacial score (nSPS) is 17.6. The van der Waals surface area contributed by atoms with Gasteiger partial charge in [0.25, 0.3) is 8.32 Å². The average Bonchev–Trinajstić information content (AvgIpc) is 4.06. The lowest BCUT2D eigenvalue weighted by atomic mass is 9.82. The number of amidine groups is 1. The smallest absolute Gasteiger partial charge is 0.410 e. The van der Waals surface area contributed by atoms with Crippen LogP contribution in [-0.2, 0) is 37.9 Å². The van der Waals surface area contributed by atoms with Gasteiger partial charge in [0.1, 0.15) is 40.6 Å². The molecule has 3 aromatic carbocycles. The molecule has 1 saturated heterocycles. The third-order valence-electron chi connectivity index (χ3n) is 14.9. The summed E-state index contributed by atoms with van der Waals surface area (Å²) in [7, 11) is -1.77. The van der Waals surface area contributed by atoms with Crippen LogP contribution >= 0.6 is 11.3 Å². The third-order valence-corrected chi connectivity index (χ3v) is 20.8. The molecule has 0 saturated carbocycles. The lowest BCUT2D eigenvalue weighted by Gasteiger charge is -2.43. The molecule has 5 amide bonds. The van der Waals surface area contributed by atoms with Crippen molar-refractivity contribution in [2.24, 2.45) is 27.7 Å². The Kier molecular flexibility index (Phi) is 22.8. The standard InChI is InChI=1S/C63H92N8O9SSi/c1-40(2)48(67-56(75)50-41(3)33-36-71(50)59(77)80-62(11,12)13)54(73)70-51(60(5,6)7)53(64-34-37-79-82(63(14,15)16,44-29-23-19-24-30-44)45-31-25-20-26-32-45)69-52(61(8,9)10)57(76)68-49(42(4)43-27-21-18-22-28-43)55(74)66-46(39-47(72)78-17)58-65-35-38-81-58/h18-32,35,38,40-42,46,48-52H,33-34,36-37,39H2,1-17H3,(H,64,69)(H,66,74)(H,67,75)(H,68,76)(H,70,73)/t41-,42+,46-,48+,49+,50+,51-,52-/m1/s1. The molecule has 0 spiro atoms. The van der Waals surface area contributed by atoms with Gasteiger partial charge in [-0.05, 0) is 70.8 Å². The molecule has 0 bridgehead atoms. The summed E-state index contributed by atoms with van der Waals surface area (Å²) >= 11 is 1.28. The van der Waals surface area contributed by atoms with Crippen molar-refractivity contribution < 1.29 is 42.7 Å². The van der Waals surface area contributed by atoms with Gasteiger partial charge in [0.15, 0.2) is 0 Å². The van der Waals surface area contributed by atoms with Crippen molar-refractivity contribution in [2.45, 2.75) is 176 Å². The molecule has 0 unspecified atom stereocenters. The van der Waals surface area contributed by atoms with Crippen molar-refractivity contribution in [1.29, 1.82) is 0 Å². The molecule has 1 aliphatic rings. The highest BCUT2D eigenvalue weighted by Crippen LogP contribution is 2.37. The summed E-state index contributed by atoms with van der Waals surface area (Å²) in [6.07, 6.45) is 1.38. The molecule has 82 heavy (non-hydrogen) atoms. The second-order valence-electron chi connectivity index (χ2n) is 26.0. The van der Waals surface area contributed by atoms with Gasteiger partial charge in [0.05, 0.1) is 38.8 Å². The SMILES string of the molecule is COC(=O)C[C@@H](NC(=O)[C@@H](NC(=O)[C@@H](NC(=NCCO[Si](c1ccccc1)(c1ccccc1)C(C)(C)C)[C@@H](NC(=O)[C@@H](NC(=O)[C@@H]1[C@H](C)CCN1C(=O)OC(C)(C)C)C(C)C)C(C)(C)C)C(C)(C)C)[C@@H](C)c1ccccc1)c1nccs1. The van der Waals surface area contributed by atoms with Gasteiger partial charge in [-0.2, -0.15) is 0 Å². The predicted octanol–water partition coefficient (Wildman–Crippen LogP) is 8.45. The van der Waals surface area contributed by atoms with Crippen LogP contribution in [0.1, 0.15) is 146 Å². The zero-order valence-corrected chi connectivity index (χ0v) is 53.3. The van der Waals surface area contributed by atoms with Gasteiger partial charge in [-0.1, -0.05) is 181 Å². The van der Waals surface area contributed by atoms with E-state index < -0.39 is 109 Å². The maximum absolute atomic E-state index is 15.4. The molecule has 1 aromatic heterocycles. The fraction of sp³-hybridized carbons (Fsp3) is 0.556.